The lowest BCUT2D eigenvalue weighted by Crippen LogP contribution is -2.29. The summed E-state index contributed by atoms with van der Waals surface area (Å²) in [4.78, 5) is 53.9. The standard InChI is InChI=1S/C23H18Cl2N2O6S/c1-13(28)33-10-9-14-3-6-16(7-4-14)27-22(31)19(12-20(29)32-2)34-23(27)26-21(30)17-8-5-15(24)11-18(17)25/h3-8,11-12H,9-10H2,1-2H3. The van der Waals surface area contributed by atoms with Crippen LogP contribution in [0.3, 0.4) is 0 Å². The lowest BCUT2D eigenvalue weighted by Gasteiger charge is -2.16. The highest BCUT2D eigenvalue weighted by molar-refractivity contribution is 8.19. The first-order valence-corrected chi connectivity index (χ1v) is 11.4. The van der Waals surface area contributed by atoms with E-state index in [9.17, 15) is 19.2 Å². The number of aliphatic imine (C=N–C) groups is 1. The zero-order chi connectivity index (χ0) is 24.8. The predicted molar refractivity (Wildman–Crippen MR) is 130 cm³/mol. The number of methoxy groups -OCH3 is 1. The van der Waals surface area contributed by atoms with Crippen molar-refractivity contribution in [1.29, 1.82) is 0 Å². The van der Waals surface area contributed by atoms with Crippen molar-refractivity contribution in [2.75, 3.05) is 18.6 Å². The van der Waals surface area contributed by atoms with Gasteiger partial charge in [-0.3, -0.25) is 19.3 Å². The zero-order valence-corrected chi connectivity index (χ0v) is 20.4. The number of rotatable bonds is 6. The smallest absolute Gasteiger partial charge is 0.331 e. The van der Waals surface area contributed by atoms with Crippen LogP contribution in [-0.4, -0.2) is 42.6 Å². The highest BCUT2D eigenvalue weighted by Gasteiger charge is 2.36. The van der Waals surface area contributed by atoms with Crippen LogP contribution in [0.25, 0.3) is 0 Å². The van der Waals surface area contributed by atoms with Crippen LogP contribution >= 0.6 is 35.0 Å². The summed E-state index contributed by atoms with van der Waals surface area (Å²) in [7, 11) is 1.19. The third-order valence-corrected chi connectivity index (χ3v) is 6.02. The van der Waals surface area contributed by atoms with Crippen molar-refractivity contribution in [1.82, 2.24) is 0 Å². The summed E-state index contributed by atoms with van der Waals surface area (Å²) in [6.45, 7) is 1.56. The first-order valence-electron chi connectivity index (χ1n) is 9.82. The Morgan fingerprint density at radius 2 is 1.82 bits per heavy atom. The van der Waals surface area contributed by atoms with Crippen molar-refractivity contribution >= 4 is 69.6 Å². The van der Waals surface area contributed by atoms with E-state index in [0.29, 0.717) is 17.1 Å². The summed E-state index contributed by atoms with van der Waals surface area (Å²) in [6.07, 6.45) is 1.53. The minimum atomic E-state index is -0.718. The molecule has 1 aliphatic heterocycles. The van der Waals surface area contributed by atoms with Crippen LogP contribution in [0, 0.1) is 0 Å². The average Bonchev–Trinajstić information content (AvgIpc) is 3.08. The fraction of sp³-hybridized carbons (Fsp3) is 0.174. The Bertz CT molecular complexity index is 1210. The number of esters is 2. The van der Waals surface area contributed by atoms with Gasteiger partial charge in [0.25, 0.3) is 11.8 Å². The Hall–Kier alpha value is -3.14. The second-order valence-corrected chi connectivity index (χ2v) is 8.71. The number of carbonyl (C=O) groups excluding carboxylic acids is 4. The van der Waals surface area contributed by atoms with E-state index in [1.807, 2.05) is 0 Å². The average molecular weight is 521 g/mol. The minimum absolute atomic E-state index is 0.0412. The van der Waals surface area contributed by atoms with Crippen molar-refractivity contribution in [3.05, 3.63) is 74.6 Å². The number of halogens is 2. The van der Waals surface area contributed by atoms with Gasteiger partial charge in [-0.15, -0.1) is 0 Å². The van der Waals surface area contributed by atoms with Gasteiger partial charge in [-0.25, -0.2) is 4.79 Å². The predicted octanol–water partition coefficient (Wildman–Crippen LogP) is 4.43. The number of carbonyl (C=O) groups is 4. The first kappa shape index (κ1) is 25.5. The number of ether oxygens (including phenoxy) is 2. The van der Waals surface area contributed by atoms with Gasteiger partial charge in [0.2, 0.25) is 0 Å². The van der Waals surface area contributed by atoms with Crippen LogP contribution in [0.5, 0.6) is 0 Å². The van der Waals surface area contributed by atoms with E-state index in [4.69, 9.17) is 27.9 Å². The monoisotopic (exact) mass is 520 g/mol. The maximum absolute atomic E-state index is 13.1. The van der Waals surface area contributed by atoms with Crippen LogP contribution in [-0.2, 0) is 30.3 Å². The molecule has 1 aliphatic rings. The van der Waals surface area contributed by atoms with Crippen molar-refractivity contribution in [2.24, 2.45) is 4.99 Å². The fourth-order valence-corrected chi connectivity index (χ4v) is 4.30. The Labute approximate surface area is 209 Å². The molecule has 0 atom stereocenters. The minimum Gasteiger partial charge on any atom is -0.466 e. The highest BCUT2D eigenvalue weighted by atomic mass is 35.5. The number of hydrogen-bond acceptors (Lipinski definition) is 7. The SMILES string of the molecule is COC(=O)C=C1SC(=NC(=O)c2ccc(Cl)cc2Cl)N(c2ccc(CCOC(C)=O)cc2)C1=O. The number of hydrogen-bond donors (Lipinski definition) is 0. The normalized spacial score (nSPS) is 15.6. The Balaban J connectivity index is 1.94. The van der Waals surface area contributed by atoms with Gasteiger partial charge in [0.1, 0.15) is 0 Å². The summed E-state index contributed by atoms with van der Waals surface area (Å²) in [6, 6.07) is 11.2. The first-order chi connectivity index (χ1) is 16.2. The topological polar surface area (TPSA) is 102 Å². The van der Waals surface area contributed by atoms with Crippen molar-refractivity contribution in [3.8, 4) is 0 Å². The molecule has 0 N–H and O–H groups in total. The third-order valence-electron chi connectivity index (χ3n) is 4.51. The molecule has 11 heteroatoms. The number of nitrogens with zero attached hydrogens (tertiary/aromatic N) is 2. The Morgan fingerprint density at radius 1 is 1.12 bits per heavy atom. The Kier molecular flexibility index (Phi) is 8.49. The largest absolute Gasteiger partial charge is 0.466 e. The summed E-state index contributed by atoms with van der Waals surface area (Å²) in [5.41, 5.74) is 1.41. The van der Waals surface area contributed by atoms with E-state index in [1.54, 1.807) is 24.3 Å². The maximum Gasteiger partial charge on any atom is 0.331 e. The van der Waals surface area contributed by atoms with Crippen LogP contribution in [0.15, 0.2) is 58.4 Å². The van der Waals surface area contributed by atoms with E-state index in [1.165, 1.54) is 37.1 Å². The number of benzene rings is 2. The van der Waals surface area contributed by atoms with E-state index in [2.05, 4.69) is 9.73 Å². The molecule has 2 aromatic rings. The molecule has 0 aromatic heterocycles. The molecular weight excluding hydrogens is 503 g/mol. The lowest BCUT2D eigenvalue weighted by molar-refractivity contribution is -0.140. The molecule has 2 amide bonds. The third kappa shape index (κ3) is 6.25. The van der Waals surface area contributed by atoms with Gasteiger partial charge in [0.05, 0.1) is 34.9 Å². The van der Waals surface area contributed by atoms with Gasteiger partial charge < -0.3 is 9.47 Å². The molecule has 1 saturated heterocycles. The summed E-state index contributed by atoms with van der Waals surface area (Å²) >= 11 is 12.9. The van der Waals surface area contributed by atoms with Crippen molar-refractivity contribution in [2.45, 2.75) is 13.3 Å². The molecule has 0 unspecified atom stereocenters. The molecule has 34 heavy (non-hydrogen) atoms. The molecular formula is C23H18Cl2N2O6S. The molecule has 0 radical (unpaired) electrons. The van der Waals surface area contributed by atoms with Gasteiger partial charge in [0.15, 0.2) is 5.17 Å². The quantitative estimate of drug-likeness (QED) is 0.409. The number of anilines is 1. The maximum atomic E-state index is 13.1. The number of amides is 2. The summed E-state index contributed by atoms with van der Waals surface area (Å²) < 4.78 is 9.55. The van der Waals surface area contributed by atoms with Gasteiger partial charge >= 0.3 is 11.9 Å². The van der Waals surface area contributed by atoms with Crippen molar-refractivity contribution in [3.63, 3.8) is 0 Å². The Morgan fingerprint density at radius 3 is 2.44 bits per heavy atom. The van der Waals surface area contributed by atoms with Crippen LogP contribution in [0.4, 0.5) is 5.69 Å². The highest BCUT2D eigenvalue weighted by Crippen LogP contribution is 2.35. The lowest BCUT2D eigenvalue weighted by atomic mass is 10.1. The van der Waals surface area contributed by atoms with Crippen LogP contribution in [0.2, 0.25) is 10.0 Å². The molecule has 1 heterocycles. The molecule has 8 nitrogen and oxygen atoms in total. The summed E-state index contributed by atoms with van der Waals surface area (Å²) in [5.74, 6) is -2.31. The van der Waals surface area contributed by atoms with Gasteiger partial charge in [-0.05, 0) is 47.7 Å². The van der Waals surface area contributed by atoms with E-state index in [0.717, 1.165) is 23.4 Å². The number of amidine groups is 1. The molecule has 0 saturated carbocycles. The van der Waals surface area contributed by atoms with Crippen LogP contribution in [0.1, 0.15) is 22.8 Å². The second kappa shape index (κ2) is 11.3. The fourth-order valence-electron chi connectivity index (χ4n) is 2.88. The molecule has 176 valence electrons. The molecule has 2 aromatic carbocycles. The van der Waals surface area contributed by atoms with Gasteiger partial charge in [-0.2, -0.15) is 4.99 Å². The molecule has 0 bridgehead atoms. The number of thioether (sulfide) groups is 1. The van der Waals surface area contributed by atoms with Crippen LogP contribution < -0.4 is 4.90 Å². The zero-order valence-electron chi connectivity index (χ0n) is 18.0. The molecule has 0 aliphatic carbocycles. The second-order valence-electron chi connectivity index (χ2n) is 6.85. The molecule has 0 spiro atoms. The molecule has 3 rings (SSSR count). The van der Waals surface area contributed by atoms with Gasteiger partial charge in [0, 0.05) is 24.4 Å². The van der Waals surface area contributed by atoms with E-state index < -0.39 is 17.8 Å². The van der Waals surface area contributed by atoms with E-state index in [-0.39, 0.29) is 33.2 Å². The molecule has 1 fully saturated rings. The van der Waals surface area contributed by atoms with E-state index >= 15 is 0 Å². The van der Waals surface area contributed by atoms with Crippen molar-refractivity contribution < 1.29 is 28.7 Å². The summed E-state index contributed by atoms with van der Waals surface area (Å²) in [5, 5.41) is 0.521. The van der Waals surface area contributed by atoms with Gasteiger partial charge in [-0.1, -0.05) is 35.3 Å².